The Balaban J connectivity index is 5.67. The van der Waals surface area contributed by atoms with Crippen LogP contribution in [0.2, 0.25) is 0 Å². The summed E-state index contributed by atoms with van der Waals surface area (Å²) in [6.07, 6.45) is 1.35. The smallest absolute Gasteiger partial charge is 0.325 e. The van der Waals surface area contributed by atoms with Gasteiger partial charge < -0.3 is 53.2 Å². The molecule has 0 saturated carbocycles. The molecule has 0 aliphatic heterocycles. The van der Waals surface area contributed by atoms with Crippen LogP contribution >= 0.6 is 0 Å². The number of nitrogens with zero attached hydrogens (tertiary/aromatic N) is 1. The molecule has 0 unspecified atom stereocenters. The van der Waals surface area contributed by atoms with Gasteiger partial charge in [0.15, 0.2) is 0 Å². The molecule has 16 heteroatoms. The Morgan fingerprint density at radius 1 is 0.725 bits per heavy atom. The number of quaternary nitrogens is 1. The highest BCUT2D eigenvalue weighted by atomic mass is 16.4. The van der Waals surface area contributed by atoms with Crippen molar-refractivity contribution < 1.29 is 38.7 Å². The highest BCUT2D eigenvalue weighted by molar-refractivity contribution is 5.95. The Bertz CT molecular complexity index is 834. The van der Waals surface area contributed by atoms with Gasteiger partial charge in [-0.05, 0) is 52.5 Å². The fraction of sp³-hybridized carbons (Fsp3) is 0.792. The number of rotatable bonds is 20. The Hall–Kier alpha value is -2.89. The number of aliphatic hydroxyl groups is 1. The van der Waals surface area contributed by atoms with E-state index in [1.165, 1.54) is 13.8 Å². The molecule has 13 N–H and O–H groups in total. The molecule has 0 aliphatic carbocycles. The van der Waals surface area contributed by atoms with Gasteiger partial charge in [0.05, 0.1) is 40.3 Å². The van der Waals surface area contributed by atoms with Crippen LogP contribution in [-0.2, 0) is 24.0 Å². The third kappa shape index (κ3) is 16.3. The van der Waals surface area contributed by atoms with Crippen molar-refractivity contribution in [3.63, 3.8) is 0 Å². The number of carboxylic acid groups (broad SMARTS) is 1. The molecule has 40 heavy (non-hydrogen) atoms. The third-order valence-electron chi connectivity index (χ3n) is 5.85. The first kappa shape index (κ1) is 37.1. The molecule has 0 fully saturated rings. The van der Waals surface area contributed by atoms with E-state index in [1.54, 1.807) is 0 Å². The average Bonchev–Trinajstić information content (AvgIpc) is 2.84. The molecule has 0 aromatic carbocycles. The van der Waals surface area contributed by atoms with Gasteiger partial charge in [0.25, 0.3) is 0 Å². The van der Waals surface area contributed by atoms with Crippen molar-refractivity contribution in [3.05, 3.63) is 0 Å². The third-order valence-corrected chi connectivity index (χ3v) is 5.85. The topological polar surface area (TPSA) is 264 Å². The number of carbonyl (C=O) groups is 5. The number of nitrogens with two attached hydrogens (primary N) is 3. The molecule has 0 rings (SSSR count). The molecular formula is C24H50N9O7+. The number of aliphatic hydroxyl groups excluding tert-OH is 1. The lowest BCUT2D eigenvalue weighted by Crippen LogP contribution is -2.59. The van der Waals surface area contributed by atoms with E-state index in [1.807, 2.05) is 21.1 Å². The molecule has 16 nitrogen and oxygen atoms in total. The van der Waals surface area contributed by atoms with Crippen LogP contribution < -0.4 is 43.8 Å². The maximum Gasteiger partial charge on any atom is 0.325 e. The van der Waals surface area contributed by atoms with Gasteiger partial charge in [-0.25, -0.2) is 0 Å². The molecule has 4 amide bonds. The summed E-state index contributed by atoms with van der Waals surface area (Å²) in [4.78, 5) is 62.1. The summed E-state index contributed by atoms with van der Waals surface area (Å²) in [5.41, 5.74) is 16.6. The number of amides is 4. The van der Waals surface area contributed by atoms with Crippen molar-refractivity contribution in [2.45, 2.75) is 82.5 Å². The maximum atomic E-state index is 13.2. The monoisotopic (exact) mass is 576 g/mol. The minimum atomic E-state index is -1.44. The van der Waals surface area contributed by atoms with Gasteiger partial charge in [-0.2, -0.15) is 0 Å². The second kappa shape index (κ2) is 18.5. The fourth-order valence-electron chi connectivity index (χ4n) is 3.46. The molecule has 5 atom stereocenters. The van der Waals surface area contributed by atoms with Crippen LogP contribution in [-0.4, -0.2) is 122 Å². The second-order valence-corrected chi connectivity index (χ2v) is 10.9. The molecule has 0 aliphatic rings. The van der Waals surface area contributed by atoms with E-state index < -0.39 is 72.7 Å². The lowest BCUT2D eigenvalue weighted by atomic mass is 10.0. The summed E-state index contributed by atoms with van der Waals surface area (Å²) in [6.45, 7) is 3.08. The van der Waals surface area contributed by atoms with Crippen LogP contribution in [0.1, 0.15) is 46.0 Å². The van der Waals surface area contributed by atoms with Crippen molar-refractivity contribution in [2.75, 3.05) is 40.8 Å². The van der Waals surface area contributed by atoms with E-state index in [-0.39, 0.29) is 12.8 Å². The van der Waals surface area contributed by atoms with Gasteiger partial charge in [-0.3, -0.25) is 29.3 Å². The number of carboxylic acids is 1. The van der Waals surface area contributed by atoms with Gasteiger partial charge >= 0.3 is 5.97 Å². The summed E-state index contributed by atoms with van der Waals surface area (Å²) in [6, 6.07) is -5.70. The van der Waals surface area contributed by atoms with Crippen molar-refractivity contribution >= 4 is 29.6 Å². The quantitative estimate of drug-likeness (QED) is 0.0377. The zero-order valence-electron chi connectivity index (χ0n) is 24.2. The van der Waals surface area contributed by atoms with E-state index in [4.69, 9.17) is 22.3 Å². The number of carbonyl (C=O) groups excluding carboxylic acids is 4. The van der Waals surface area contributed by atoms with Crippen molar-refractivity contribution in [3.8, 4) is 0 Å². The van der Waals surface area contributed by atoms with Gasteiger partial charge in [0, 0.05) is 0 Å². The van der Waals surface area contributed by atoms with Crippen LogP contribution in [0.4, 0.5) is 0 Å². The summed E-state index contributed by atoms with van der Waals surface area (Å²) in [5.74, 6) is -4.13. The molecule has 0 aromatic heterocycles. The summed E-state index contributed by atoms with van der Waals surface area (Å²) >= 11 is 0. The number of aliphatic carboxylic acids is 1. The number of hydrogen-bond donors (Lipinski definition) is 10. The lowest BCUT2D eigenvalue weighted by molar-refractivity contribution is -0.870. The maximum absolute atomic E-state index is 13.2. The molecular weight excluding hydrogens is 526 g/mol. The Morgan fingerprint density at radius 3 is 1.65 bits per heavy atom. The summed E-state index contributed by atoms with van der Waals surface area (Å²) in [5, 5.41) is 31.3. The van der Waals surface area contributed by atoms with E-state index in [9.17, 15) is 29.1 Å². The highest BCUT2D eigenvalue weighted by Gasteiger charge is 2.30. The Kier molecular flexibility index (Phi) is 17.1. The predicted molar refractivity (Wildman–Crippen MR) is 148 cm³/mol. The van der Waals surface area contributed by atoms with Crippen molar-refractivity contribution in [2.24, 2.45) is 17.2 Å². The number of hydrogen-bond acceptors (Lipinski definition) is 10. The Labute approximate surface area is 235 Å². The normalized spacial score (nSPS) is 15.3. The first-order valence-corrected chi connectivity index (χ1v) is 13.3. The largest absolute Gasteiger partial charge is 0.480 e. The molecule has 0 saturated heterocycles. The molecule has 0 aromatic rings. The first-order chi connectivity index (χ1) is 18.5. The first-order valence-electron chi connectivity index (χ1n) is 13.3. The fourth-order valence-corrected chi connectivity index (χ4v) is 3.46. The van der Waals surface area contributed by atoms with Crippen molar-refractivity contribution in [1.82, 2.24) is 26.6 Å². The van der Waals surface area contributed by atoms with E-state index in [0.29, 0.717) is 23.9 Å². The zero-order chi connectivity index (χ0) is 31.0. The van der Waals surface area contributed by atoms with Crippen LogP contribution in [0.15, 0.2) is 0 Å². The highest BCUT2D eigenvalue weighted by Crippen LogP contribution is 2.07. The number of nitrogens with one attached hydrogen (secondary N) is 5. The Morgan fingerprint density at radius 2 is 1.20 bits per heavy atom. The van der Waals surface area contributed by atoms with Gasteiger partial charge in [-0.1, -0.05) is 0 Å². The molecule has 0 bridgehead atoms. The summed E-state index contributed by atoms with van der Waals surface area (Å²) < 4.78 is 0.698. The molecule has 0 spiro atoms. The van der Waals surface area contributed by atoms with Gasteiger partial charge in [0.2, 0.25) is 23.6 Å². The summed E-state index contributed by atoms with van der Waals surface area (Å²) in [7, 11) is 6.06. The van der Waals surface area contributed by atoms with Crippen LogP contribution in [0.5, 0.6) is 0 Å². The van der Waals surface area contributed by atoms with Gasteiger partial charge in [-0.15, -0.1) is 0 Å². The standard InChI is InChI=1S/C24H49N9O7/c1-14(25)19(35)30-17(10-8-11-28-24(26)27)20(36)31-16(9-6-7-12-33(3,4)5)21(37)32-18(13-34)22(38)29-15(2)23(39)40/h14-18,24,28,34H,6-13,25-27H2,1-5H3,(H4-,29,30,31,32,35,36,37,38,39,40)/p+1/t14-,15-,16-,17-,18-/m0/s1. The number of unbranched alkanes of at least 4 members (excludes halogenated alkanes) is 1. The minimum Gasteiger partial charge on any atom is -0.480 e. The van der Waals surface area contributed by atoms with Gasteiger partial charge in [0.1, 0.15) is 30.5 Å². The lowest BCUT2D eigenvalue weighted by Gasteiger charge is -2.26. The zero-order valence-corrected chi connectivity index (χ0v) is 24.2. The van der Waals surface area contributed by atoms with Crippen LogP contribution in [0, 0.1) is 0 Å². The van der Waals surface area contributed by atoms with E-state index >= 15 is 0 Å². The van der Waals surface area contributed by atoms with E-state index in [2.05, 4.69) is 26.6 Å². The SMILES string of the molecule is C[C@H](N)C(=O)N[C@@H](CCCNC(N)N)C(=O)N[C@@H](CCCC[N+](C)(C)C)C(=O)N[C@@H](CO)C(=O)N[C@@H](C)C(=O)O. The van der Waals surface area contributed by atoms with Crippen LogP contribution in [0.3, 0.4) is 0 Å². The molecule has 0 heterocycles. The van der Waals surface area contributed by atoms with E-state index in [0.717, 1.165) is 13.0 Å². The average molecular weight is 577 g/mol. The molecule has 0 radical (unpaired) electrons. The van der Waals surface area contributed by atoms with Crippen molar-refractivity contribution in [1.29, 1.82) is 0 Å². The molecule has 232 valence electrons. The predicted octanol–water partition coefficient (Wildman–Crippen LogP) is -4.18. The minimum absolute atomic E-state index is 0.189. The second-order valence-electron chi connectivity index (χ2n) is 10.9. The van der Waals surface area contributed by atoms with Crippen LogP contribution in [0.25, 0.3) is 0 Å².